The third kappa shape index (κ3) is 4.67. The van der Waals surface area contributed by atoms with Gasteiger partial charge in [0.2, 0.25) is 5.95 Å². The summed E-state index contributed by atoms with van der Waals surface area (Å²) in [5, 5.41) is 5.96. The molecule has 23 heavy (non-hydrogen) atoms. The van der Waals surface area contributed by atoms with Gasteiger partial charge in [0.15, 0.2) is 0 Å². The lowest BCUT2D eigenvalue weighted by atomic mass is 10.3. The zero-order chi connectivity index (χ0) is 16.7. The molecule has 0 saturated heterocycles. The Hall–Kier alpha value is -2.63. The van der Waals surface area contributed by atoms with E-state index in [1.165, 1.54) is 0 Å². The molecule has 0 radical (unpaired) electrons. The Morgan fingerprint density at radius 1 is 1.26 bits per heavy atom. The Kier molecular flexibility index (Phi) is 5.91. The van der Waals surface area contributed by atoms with Crippen LogP contribution >= 0.6 is 0 Å². The number of amides is 1. The zero-order valence-corrected chi connectivity index (χ0v) is 13.7. The molecule has 0 aliphatic heterocycles. The van der Waals surface area contributed by atoms with Gasteiger partial charge in [-0.15, -0.1) is 0 Å². The Morgan fingerprint density at radius 2 is 2.04 bits per heavy atom. The number of methoxy groups -OCH3 is 1. The van der Waals surface area contributed by atoms with E-state index in [-0.39, 0.29) is 5.91 Å². The normalized spacial score (nSPS) is 10.2. The summed E-state index contributed by atoms with van der Waals surface area (Å²) in [6, 6.07) is 9.16. The van der Waals surface area contributed by atoms with Gasteiger partial charge in [-0.1, -0.05) is 25.5 Å². The molecule has 0 fully saturated rings. The van der Waals surface area contributed by atoms with Crippen LogP contribution in [0.25, 0.3) is 0 Å². The third-order valence-electron chi connectivity index (χ3n) is 3.26. The highest BCUT2D eigenvalue weighted by Crippen LogP contribution is 2.25. The van der Waals surface area contributed by atoms with E-state index < -0.39 is 0 Å². The number of para-hydroxylation sites is 2. The van der Waals surface area contributed by atoms with Gasteiger partial charge in [-0.2, -0.15) is 0 Å². The molecular weight excluding hydrogens is 292 g/mol. The van der Waals surface area contributed by atoms with Gasteiger partial charge in [0.1, 0.15) is 11.4 Å². The van der Waals surface area contributed by atoms with E-state index >= 15 is 0 Å². The number of hydrogen-bond donors (Lipinski definition) is 2. The summed E-state index contributed by atoms with van der Waals surface area (Å²) in [6.45, 7) is 4.56. The second-order valence-electron chi connectivity index (χ2n) is 5.15. The van der Waals surface area contributed by atoms with Crippen molar-refractivity contribution in [1.82, 2.24) is 15.3 Å². The number of unbranched alkanes of at least 4 members (excludes halogenated alkanes) is 1. The lowest BCUT2D eigenvalue weighted by Crippen LogP contribution is -2.25. The molecule has 1 amide bonds. The van der Waals surface area contributed by atoms with Gasteiger partial charge < -0.3 is 15.4 Å². The summed E-state index contributed by atoms with van der Waals surface area (Å²) >= 11 is 0. The molecule has 6 heteroatoms. The summed E-state index contributed by atoms with van der Waals surface area (Å²) in [5.41, 5.74) is 1.82. The van der Waals surface area contributed by atoms with E-state index in [1.54, 1.807) is 13.2 Å². The fraction of sp³-hybridized carbons (Fsp3) is 0.353. The molecule has 6 nitrogen and oxygen atoms in total. The number of carbonyl (C=O) groups excluding carboxylic acids is 1. The number of aryl methyl sites for hydroxylation is 1. The van der Waals surface area contributed by atoms with Crippen LogP contribution in [0.2, 0.25) is 0 Å². The molecule has 0 aliphatic carbocycles. The van der Waals surface area contributed by atoms with Crippen LogP contribution < -0.4 is 15.4 Å². The minimum atomic E-state index is -0.188. The van der Waals surface area contributed by atoms with Gasteiger partial charge in [-0.05, 0) is 31.5 Å². The largest absolute Gasteiger partial charge is 0.495 e. The van der Waals surface area contributed by atoms with Crippen molar-refractivity contribution in [3.8, 4) is 5.75 Å². The fourth-order valence-electron chi connectivity index (χ4n) is 2.08. The van der Waals surface area contributed by atoms with Crippen molar-refractivity contribution in [2.75, 3.05) is 19.0 Å². The van der Waals surface area contributed by atoms with E-state index in [0.29, 0.717) is 23.9 Å². The minimum absolute atomic E-state index is 0.188. The van der Waals surface area contributed by atoms with Crippen LogP contribution in [0.1, 0.15) is 35.9 Å². The third-order valence-corrected chi connectivity index (χ3v) is 3.26. The Morgan fingerprint density at radius 3 is 2.78 bits per heavy atom. The van der Waals surface area contributed by atoms with E-state index in [2.05, 4.69) is 27.5 Å². The van der Waals surface area contributed by atoms with Crippen LogP contribution in [0.4, 0.5) is 11.6 Å². The molecule has 122 valence electrons. The van der Waals surface area contributed by atoms with Gasteiger partial charge in [0.25, 0.3) is 5.91 Å². The van der Waals surface area contributed by atoms with E-state index in [0.717, 1.165) is 24.2 Å². The van der Waals surface area contributed by atoms with Gasteiger partial charge in [-0.3, -0.25) is 4.79 Å². The van der Waals surface area contributed by atoms with E-state index in [4.69, 9.17) is 4.74 Å². The first kappa shape index (κ1) is 16.7. The lowest BCUT2D eigenvalue weighted by molar-refractivity contribution is 0.0948. The second-order valence-corrected chi connectivity index (χ2v) is 5.15. The van der Waals surface area contributed by atoms with Gasteiger partial charge in [0.05, 0.1) is 12.8 Å². The second kappa shape index (κ2) is 8.12. The molecule has 0 atom stereocenters. The van der Waals surface area contributed by atoms with Gasteiger partial charge >= 0.3 is 0 Å². The monoisotopic (exact) mass is 314 g/mol. The zero-order valence-electron chi connectivity index (χ0n) is 13.7. The summed E-state index contributed by atoms with van der Waals surface area (Å²) in [5.74, 6) is 0.869. The average molecular weight is 314 g/mol. The molecule has 0 spiro atoms. The smallest absolute Gasteiger partial charge is 0.270 e. The molecule has 1 aromatic heterocycles. The molecule has 2 N–H and O–H groups in total. The number of benzene rings is 1. The predicted octanol–water partition coefficient (Wildman–Crippen LogP) is 3.07. The number of anilines is 2. The average Bonchev–Trinajstić information content (AvgIpc) is 2.55. The summed E-state index contributed by atoms with van der Waals surface area (Å²) in [4.78, 5) is 20.8. The molecule has 0 aliphatic rings. The highest BCUT2D eigenvalue weighted by Gasteiger charge is 2.11. The van der Waals surface area contributed by atoms with Crippen molar-refractivity contribution in [2.24, 2.45) is 0 Å². The first-order valence-electron chi connectivity index (χ1n) is 7.68. The SMILES string of the molecule is CCCCNC(=O)c1cc(C)nc(Nc2ccccc2OC)n1. The number of hydrogen-bond acceptors (Lipinski definition) is 5. The standard InChI is InChI=1S/C17H22N4O2/c1-4-5-10-18-16(22)14-11-12(2)19-17(21-14)20-13-8-6-7-9-15(13)23-3/h6-9,11H,4-5,10H2,1-3H3,(H,18,22)(H,19,20,21). The highest BCUT2D eigenvalue weighted by molar-refractivity contribution is 5.92. The molecule has 0 saturated carbocycles. The molecule has 2 aromatic rings. The number of ether oxygens (including phenoxy) is 1. The number of rotatable bonds is 7. The van der Waals surface area contributed by atoms with Crippen LogP contribution in [0.15, 0.2) is 30.3 Å². The molecule has 2 rings (SSSR count). The lowest BCUT2D eigenvalue weighted by Gasteiger charge is -2.11. The molecule has 1 heterocycles. The van der Waals surface area contributed by atoms with Crippen molar-refractivity contribution in [3.63, 3.8) is 0 Å². The number of aromatic nitrogens is 2. The van der Waals surface area contributed by atoms with Crippen LogP contribution in [0.5, 0.6) is 5.75 Å². The van der Waals surface area contributed by atoms with Crippen LogP contribution in [0, 0.1) is 6.92 Å². The van der Waals surface area contributed by atoms with Crippen molar-refractivity contribution in [1.29, 1.82) is 0 Å². The summed E-state index contributed by atoms with van der Waals surface area (Å²) in [7, 11) is 1.60. The molecular formula is C17H22N4O2. The number of carbonyl (C=O) groups is 1. The maximum atomic E-state index is 12.1. The van der Waals surface area contributed by atoms with E-state index in [1.807, 2.05) is 31.2 Å². The van der Waals surface area contributed by atoms with Crippen LogP contribution in [0.3, 0.4) is 0 Å². The summed E-state index contributed by atoms with van der Waals surface area (Å²) < 4.78 is 5.29. The number of nitrogens with one attached hydrogen (secondary N) is 2. The highest BCUT2D eigenvalue weighted by atomic mass is 16.5. The predicted molar refractivity (Wildman–Crippen MR) is 90.3 cm³/mol. The fourth-order valence-corrected chi connectivity index (χ4v) is 2.08. The van der Waals surface area contributed by atoms with Crippen LogP contribution in [-0.2, 0) is 0 Å². The van der Waals surface area contributed by atoms with E-state index in [9.17, 15) is 4.79 Å². The van der Waals surface area contributed by atoms with Crippen molar-refractivity contribution >= 4 is 17.5 Å². The Balaban J connectivity index is 2.18. The van der Waals surface area contributed by atoms with Gasteiger partial charge in [0, 0.05) is 12.2 Å². The molecule has 1 aromatic carbocycles. The molecule has 0 bridgehead atoms. The summed E-state index contributed by atoms with van der Waals surface area (Å²) in [6.07, 6.45) is 1.98. The topological polar surface area (TPSA) is 76.1 Å². The maximum Gasteiger partial charge on any atom is 0.270 e. The number of nitrogens with zero attached hydrogens (tertiary/aromatic N) is 2. The Bertz CT molecular complexity index is 673. The maximum absolute atomic E-state index is 12.1. The first-order chi connectivity index (χ1) is 11.1. The van der Waals surface area contributed by atoms with Crippen LogP contribution in [-0.4, -0.2) is 29.5 Å². The van der Waals surface area contributed by atoms with Crippen molar-refractivity contribution < 1.29 is 9.53 Å². The van der Waals surface area contributed by atoms with Crippen molar-refractivity contribution in [2.45, 2.75) is 26.7 Å². The molecule has 0 unspecified atom stereocenters. The van der Waals surface area contributed by atoms with Gasteiger partial charge in [-0.25, -0.2) is 9.97 Å². The quantitative estimate of drug-likeness (QED) is 0.768. The minimum Gasteiger partial charge on any atom is -0.495 e. The Labute approximate surface area is 136 Å². The first-order valence-corrected chi connectivity index (χ1v) is 7.68. The van der Waals surface area contributed by atoms with Crippen molar-refractivity contribution in [3.05, 3.63) is 41.7 Å².